The maximum absolute atomic E-state index is 5.81. The number of rotatable bonds is 3. The van der Waals surface area contributed by atoms with Crippen molar-refractivity contribution in [2.24, 2.45) is 18.7 Å². The van der Waals surface area contributed by atoms with Crippen molar-refractivity contribution in [2.75, 3.05) is 13.1 Å². The predicted octanol–water partition coefficient (Wildman–Crippen LogP) is 2.31. The maximum atomic E-state index is 5.81. The minimum atomic E-state index is 0. The highest BCUT2D eigenvalue weighted by molar-refractivity contribution is 5.85. The van der Waals surface area contributed by atoms with Gasteiger partial charge in [0.15, 0.2) is 0 Å². The molecule has 4 nitrogen and oxygen atoms in total. The molecule has 0 bridgehead atoms. The molecule has 20 heavy (non-hydrogen) atoms. The second-order valence-corrected chi connectivity index (χ2v) is 7.04. The number of halogens is 1. The van der Waals surface area contributed by atoms with Crippen LogP contribution in [0.1, 0.15) is 45.4 Å². The Morgan fingerprint density at radius 3 is 2.55 bits per heavy atom. The summed E-state index contributed by atoms with van der Waals surface area (Å²) < 4.78 is 1.94. The van der Waals surface area contributed by atoms with Crippen molar-refractivity contribution < 1.29 is 0 Å². The van der Waals surface area contributed by atoms with Crippen LogP contribution < -0.4 is 5.73 Å². The fraction of sp³-hybridized carbons (Fsp3) is 0.800. The van der Waals surface area contributed by atoms with Crippen LogP contribution in [0.15, 0.2) is 6.20 Å². The average molecular weight is 301 g/mol. The smallest absolute Gasteiger partial charge is 0.0722 e. The van der Waals surface area contributed by atoms with Crippen molar-refractivity contribution in [1.82, 2.24) is 14.7 Å². The zero-order valence-corrected chi connectivity index (χ0v) is 14.2. The van der Waals surface area contributed by atoms with Crippen LogP contribution in [-0.4, -0.2) is 33.8 Å². The number of hydrogen-bond donors (Lipinski definition) is 1. The highest BCUT2D eigenvalue weighted by Crippen LogP contribution is 2.29. The van der Waals surface area contributed by atoms with Crippen LogP contribution in [0.4, 0.5) is 0 Å². The van der Waals surface area contributed by atoms with Crippen molar-refractivity contribution in [1.29, 1.82) is 0 Å². The summed E-state index contributed by atoms with van der Waals surface area (Å²) in [6, 6.07) is 0.626. The van der Waals surface area contributed by atoms with E-state index in [1.54, 1.807) is 0 Å². The molecule has 0 radical (unpaired) electrons. The van der Waals surface area contributed by atoms with Gasteiger partial charge in [-0.2, -0.15) is 5.10 Å². The van der Waals surface area contributed by atoms with E-state index in [0.717, 1.165) is 19.6 Å². The van der Waals surface area contributed by atoms with Crippen molar-refractivity contribution in [2.45, 2.75) is 52.1 Å². The Kier molecular flexibility index (Phi) is 5.64. The molecular weight excluding hydrogens is 272 g/mol. The van der Waals surface area contributed by atoms with Crippen LogP contribution in [0.3, 0.4) is 0 Å². The van der Waals surface area contributed by atoms with Gasteiger partial charge in [0.1, 0.15) is 0 Å². The van der Waals surface area contributed by atoms with Gasteiger partial charge in [-0.25, -0.2) is 0 Å². The Morgan fingerprint density at radius 1 is 1.40 bits per heavy atom. The molecule has 0 spiro atoms. The Hall–Kier alpha value is -0.580. The molecule has 1 aromatic heterocycles. The summed E-state index contributed by atoms with van der Waals surface area (Å²) in [5.41, 5.74) is 8.50. The zero-order chi connectivity index (χ0) is 14.2. The molecule has 1 aliphatic heterocycles. The van der Waals surface area contributed by atoms with Gasteiger partial charge in [0.05, 0.1) is 5.69 Å². The van der Waals surface area contributed by atoms with Gasteiger partial charge in [-0.05, 0) is 25.8 Å². The first-order valence-electron chi connectivity index (χ1n) is 7.28. The molecule has 1 saturated heterocycles. The van der Waals surface area contributed by atoms with Crippen molar-refractivity contribution in [3.63, 3.8) is 0 Å². The monoisotopic (exact) mass is 300 g/mol. The largest absolute Gasteiger partial charge is 0.330 e. The summed E-state index contributed by atoms with van der Waals surface area (Å²) in [5, 5.41) is 4.65. The van der Waals surface area contributed by atoms with E-state index in [-0.39, 0.29) is 17.8 Å². The van der Waals surface area contributed by atoms with E-state index in [2.05, 4.69) is 43.9 Å². The number of hydrogen-bond acceptors (Lipinski definition) is 3. The van der Waals surface area contributed by atoms with Crippen molar-refractivity contribution in [3.05, 3.63) is 17.5 Å². The third kappa shape index (κ3) is 3.74. The van der Waals surface area contributed by atoms with Crippen LogP contribution in [0, 0.1) is 5.92 Å². The molecule has 1 fully saturated rings. The van der Waals surface area contributed by atoms with Gasteiger partial charge in [-0.1, -0.05) is 20.8 Å². The van der Waals surface area contributed by atoms with Crippen LogP contribution in [0.25, 0.3) is 0 Å². The molecule has 0 aromatic carbocycles. The Morgan fingerprint density at radius 2 is 2.05 bits per heavy atom. The van der Waals surface area contributed by atoms with Crippen LogP contribution in [0.2, 0.25) is 0 Å². The number of aryl methyl sites for hydroxylation is 1. The first-order chi connectivity index (χ1) is 8.81. The van der Waals surface area contributed by atoms with E-state index < -0.39 is 0 Å². The third-order valence-electron chi connectivity index (χ3n) is 4.11. The summed E-state index contributed by atoms with van der Waals surface area (Å²) in [6.45, 7) is 11.9. The summed E-state index contributed by atoms with van der Waals surface area (Å²) >= 11 is 0. The molecule has 1 aliphatic rings. The average Bonchev–Trinajstić information content (AvgIpc) is 2.83. The van der Waals surface area contributed by atoms with E-state index in [9.17, 15) is 0 Å². The quantitative estimate of drug-likeness (QED) is 0.932. The number of nitrogens with two attached hydrogens (primary N) is 1. The number of nitrogens with zero attached hydrogens (tertiary/aromatic N) is 3. The molecule has 2 atom stereocenters. The number of likely N-dealkylation sites (tertiary alicyclic amines) is 1. The molecule has 0 saturated carbocycles. The highest BCUT2D eigenvalue weighted by Gasteiger charge is 2.30. The Labute approximate surface area is 129 Å². The standard InChI is InChI=1S/C15H28N4.ClH/c1-11-6-12(7-16)8-19(11)10-13-9-18(5)17-14(13)15(2,3)4;/h9,11-12H,6-8,10,16H2,1-5H3;1H. The molecule has 5 heteroatoms. The lowest BCUT2D eigenvalue weighted by molar-refractivity contribution is 0.254. The maximum Gasteiger partial charge on any atom is 0.0722 e. The summed E-state index contributed by atoms with van der Waals surface area (Å²) in [4.78, 5) is 2.55. The SMILES string of the molecule is CC1CC(CN)CN1Cc1cn(C)nc1C(C)(C)C.Cl. The summed E-state index contributed by atoms with van der Waals surface area (Å²) in [6.07, 6.45) is 3.39. The lowest BCUT2D eigenvalue weighted by atomic mass is 9.89. The fourth-order valence-corrected chi connectivity index (χ4v) is 3.11. The second kappa shape index (κ2) is 6.46. The zero-order valence-electron chi connectivity index (χ0n) is 13.4. The fourth-order valence-electron chi connectivity index (χ4n) is 3.11. The Balaban J connectivity index is 0.00000200. The molecule has 2 unspecified atom stereocenters. The molecule has 2 N–H and O–H groups in total. The topological polar surface area (TPSA) is 47.1 Å². The normalized spacial score (nSPS) is 23.9. The molecule has 0 aliphatic carbocycles. The minimum absolute atomic E-state index is 0. The van der Waals surface area contributed by atoms with Gasteiger partial charge in [-0.15, -0.1) is 12.4 Å². The van der Waals surface area contributed by atoms with Crippen LogP contribution in [-0.2, 0) is 19.0 Å². The number of aromatic nitrogens is 2. The van der Waals surface area contributed by atoms with Crippen molar-refractivity contribution in [3.8, 4) is 0 Å². The summed E-state index contributed by atoms with van der Waals surface area (Å²) in [7, 11) is 2.01. The van der Waals surface area contributed by atoms with Gasteiger partial charge in [0.2, 0.25) is 0 Å². The van der Waals surface area contributed by atoms with Gasteiger partial charge >= 0.3 is 0 Å². The predicted molar refractivity (Wildman–Crippen MR) is 86.2 cm³/mol. The van der Waals surface area contributed by atoms with Gasteiger partial charge < -0.3 is 5.73 Å². The Bertz CT molecular complexity index is 436. The summed E-state index contributed by atoms with van der Waals surface area (Å²) in [5.74, 6) is 0.657. The molecule has 2 heterocycles. The molecule has 116 valence electrons. The molecule has 2 rings (SSSR count). The van der Waals surface area contributed by atoms with Crippen LogP contribution >= 0.6 is 12.4 Å². The molecule has 0 amide bonds. The lowest BCUT2D eigenvalue weighted by Gasteiger charge is -2.23. The van der Waals surface area contributed by atoms with E-state index in [0.29, 0.717) is 12.0 Å². The van der Waals surface area contributed by atoms with Crippen molar-refractivity contribution >= 4 is 12.4 Å². The molecular formula is C15H29ClN4. The lowest BCUT2D eigenvalue weighted by Crippen LogP contribution is -2.28. The first-order valence-corrected chi connectivity index (χ1v) is 7.28. The van der Waals surface area contributed by atoms with E-state index in [1.165, 1.54) is 17.7 Å². The van der Waals surface area contributed by atoms with Gasteiger partial charge in [0, 0.05) is 43.4 Å². The van der Waals surface area contributed by atoms with E-state index >= 15 is 0 Å². The second-order valence-electron chi connectivity index (χ2n) is 7.04. The van der Waals surface area contributed by atoms with E-state index in [1.807, 2.05) is 11.7 Å². The van der Waals surface area contributed by atoms with Gasteiger partial charge in [0.25, 0.3) is 0 Å². The van der Waals surface area contributed by atoms with Gasteiger partial charge in [-0.3, -0.25) is 9.58 Å². The highest BCUT2D eigenvalue weighted by atomic mass is 35.5. The minimum Gasteiger partial charge on any atom is -0.330 e. The first kappa shape index (κ1) is 17.5. The van der Waals surface area contributed by atoms with E-state index in [4.69, 9.17) is 5.73 Å². The van der Waals surface area contributed by atoms with Crippen LogP contribution in [0.5, 0.6) is 0 Å². The molecule has 1 aromatic rings. The third-order valence-corrected chi connectivity index (χ3v) is 4.11.